The molecule has 0 unspecified atom stereocenters. The Labute approximate surface area is 89.9 Å². The summed E-state index contributed by atoms with van der Waals surface area (Å²) in [4.78, 5) is 3.24. The molecule has 0 saturated carbocycles. The van der Waals surface area contributed by atoms with E-state index in [2.05, 4.69) is 23.2 Å². The first-order chi connectivity index (χ1) is 6.27. The molecule has 2 nitrogen and oxygen atoms in total. The van der Waals surface area contributed by atoms with Crippen LogP contribution < -0.4 is 5.73 Å². The van der Waals surface area contributed by atoms with Gasteiger partial charge in [0, 0.05) is 23.1 Å². The molecule has 0 saturated heterocycles. The molecule has 0 aliphatic carbocycles. The lowest BCUT2D eigenvalue weighted by Crippen LogP contribution is -2.17. The molecule has 1 aromatic carbocycles. The van der Waals surface area contributed by atoms with Crippen molar-refractivity contribution in [1.82, 2.24) is 4.98 Å². The quantitative estimate of drug-likeness (QED) is 0.786. The normalized spacial score (nSPS) is 12.4. The summed E-state index contributed by atoms with van der Waals surface area (Å²) in [5, 5.41) is 1.29. The van der Waals surface area contributed by atoms with Crippen LogP contribution in [0.1, 0.15) is 12.5 Å². The third-order valence-corrected chi connectivity index (χ3v) is 2.22. The summed E-state index contributed by atoms with van der Waals surface area (Å²) in [5.41, 5.74) is 8.26. The molecule has 3 N–H and O–H groups in total. The van der Waals surface area contributed by atoms with E-state index in [0.29, 0.717) is 0 Å². The molecular weight excluding hydrogens is 196 g/mol. The summed E-state index contributed by atoms with van der Waals surface area (Å²) in [6.07, 6.45) is 2.98. The van der Waals surface area contributed by atoms with Gasteiger partial charge in [-0.1, -0.05) is 18.2 Å². The molecule has 1 atom stereocenters. The predicted octanol–water partition coefficient (Wildman–Crippen LogP) is 2.48. The van der Waals surface area contributed by atoms with E-state index in [9.17, 15) is 0 Å². The number of fused-ring (bicyclic) bond motifs is 1. The highest BCUT2D eigenvalue weighted by Gasteiger charge is 2.03. The molecule has 3 heteroatoms. The van der Waals surface area contributed by atoms with Crippen LogP contribution in [-0.4, -0.2) is 11.0 Å². The third kappa shape index (κ3) is 2.08. The third-order valence-electron chi connectivity index (χ3n) is 2.22. The molecule has 2 aromatic rings. The number of nitrogens with one attached hydrogen (secondary N) is 1. The summed E-state index contributed by atoms with van der Waals surface area (Å²) in [7, 11) is 0. The minimum atomic E-state index is 0. The van der Waals surface area contributed by atoms with Gasteiger partial charge in [0.2, 0.25) is 0 Å². The van der Waals surface area contributed by atoms with Crippen molar-refractivity contribution < 1.29 is 0 Å². The maximum absolute atomic E-state index is 5.76. The zero-order valence-electron chi connectivity index (χ0n) is 8.16. The van der Waals surface area contributed by atoms with Crippen molar-refractivity contribution in [1.29, 1.82) is 0 Å². The summed E-state index contributed by atoms with van der Waals surface area (Å²) in [5.74, 6) is 0. The van der Waals surface area contributed by atoms with E-state index in [-0.39, 0.29) is 18.4 Å². The van der Waals surface area contributed by atoms with Gasteiger partial charge in [-0.15, -0.1) is 12.4 Å². The fourth-order valence-electron chi connectivity index (χ4n) is 1.65. The van der Waals surface area contributed by atoms with Crippen LogP contribution in [0.25, 0.3) is 10.9 Å². The van der Waals surface area contributed by atoms with Crippen LogP contribution in [0.2, 0.25) is 0 Å². The zero-order valence-corrected chi connectivity index (χ0v) is 8.97. The molecule has 1 heterocycles. The highest BCUT2D eigenvalue weighted by Crippen LogP contribution is 2.18. The molecule has 0 aliphatic rings. The van der Waals surface area contributed by atoms with Crippen LogP contribution in [0.15, 0.2) is 30.5 Å². The Morgan fingerprint density at radius 2 is 2.07 bits per heavy atom. The molecule has 0 spiro atoms. The number of rotatable bonds is 2. The first-order valence-electron chi connectivity index (χ1n) is 4.58. The first-order valence-corrected chi connectivity index (χ1v) is 4.58. The molecule has 76 valence electrons. The molecule has 0 radical (unpaired) electrons. The second kappa shape index (κ2) is 4.49. The second-order valence-electron chi connectivity index (χ2n) is 3.54. The Bertz CT molecular complexity index is 406. The Morgan fingerprint density at radius 1 is 1.36 bits per heavy atom. The zero-order chi connectivity index (χ0) is 9.26. The lowest BCUT2D eigenvalue weighted by molar-refractivity contribution is 0.741. The average Bonchev–Trinajstić information content (AvgIpc) is 2.48. The minimum absolute atomic E-state index is 0. The van der Waals surface area contributed by atoms with Crippen LogP contribution in [-0.2, 0) is 6.42 Å². The number of hydrogen-bond donors (Lipinski definition) is 2. The average molecular weight is 211 g/mol. The SMILES string of the molecule is C[C@@H](N)Cc1c[nH]c2ccccc12.Cl. The number of nitrogens with two attached hydrogens (primary N) is 1. The van der Waals surface area contributed by atoms with Gasteiger partial charge in [0.05, 0.1) is 0 Å². The summed E-state index contributed by atoms with van der Waals surface area (Å²) >= 11 is 0. The van der Waals surface area contributed by atoms with Crippen molar-refractivity contribution in [2.45, 2.75) is 19.4 Å². The largest absolute Gasteiger partial charge is 0.361 e. The number of H-pyrrole nitrogens is 1. The molecule has 0 aliphatic heterocycles. The number of aromatic amines is 1. The summed E-state index contributed by atoms with van der Waals surface area (Å²) in [6, 6.07) is 8.53. The van der Waals surface area contributed by atoms with E-state index >= 15 is 0 Å². The van der Waals surface area contributed by atoms with Crippen molar-refractivity contribution in [2.75, 3.05) is 0 Å². The van der Waals surface area contributed by atoms with Gasteiger partial charge < -0.3 is 10.7 Å². The number of hydrogen-bond acceptors (Lipinski definition) is 1. The van der Waals surface area contributed by atoms with Crippen molar-refractivity contribution >= 4 is 23.3 Å². The van der Waals surface area contributed by atoms with Crippen LogP contribution in [0.3, 0.4) is 0 Å². The molecule has 0 amide bonds. The van der Waals surface area contributed by atoms with Crippen LogP contribution in [0.5, 0.6) is 0 Å². The Balaban J connectivity index is 0.000000980. The van der Waals surface area contributed by atoms with Gasteiger partial charge in [-0.2, -0.15) is 0 Å². The van der Waals surface area contributed by atoms with E-state index < -0.39 is 0 Å². The fraction of sp³-hybridized carbons (Fsp3) is 0.273. The van der Waals surface area contributed by atoms with Gasteiger partial charge in [0.25, 0.3) is 0 Å². The number of aromatic nitrogens is 1. The summed E-state index contributed by atoms with van der Waals surface area (Å²) < 4.78 is 0. The van der Waals surface area contributed by atoms with Crippen LogP contribution >= 0.6 is 12.4 Å². The maximum Gasteiger partial charge on any atom is 0.0456 e. The molecule has 1 aromatic heterocycles. The van der Waals surface area contributed by atoms with Crippen LogP contribution in [0, 0.1) is 0 Å². The molecule has 14 heavy (non-hydrogen) atoms. The van der Waals surface area contributed by atoms with Gasteiger partial charge in [-0.05, 0) is 25.0 Å². The van der Waals surface area contributed by atoms with Crippen molar-refractivity contribution in [3.8, 4) is 0 Å². The van der Waals surface area contributed by atoms with Gasteiger partial charge >= 0.3 is 0 Å². The van der Waals surface area contributed by atoms with Gasteiger partial charge in [-0.25, -0.2) is 0 Å². The fourth-order valence-corrected chi connectivity index (χ4v) is 1.65. The van der Waals surface area contributed by atoms with E-state index in [1.165, 1.54) is 16.5 Å². The second-order valence-corrected chi connectivity index (χ2v) is 3.54. The topological polar surface area (TPSA) is 41.8 Å². The van der Waals surface area contributed by atoms with E-state index in [1.54, 1.807) is 0 Å². The van der Waals surface area contributed by atoms with Gasteiger partial charge in [0.15, 0.2) is 0 Å². The smallest absolute Gasteiger partial charge is 0.0456 e. The Hall–Kier alpha value is -0.990. The predicted molar refractivity (Wildman–Crippen MR) is 62.9 cm³/mol. The monoisotopic (exact) mass is 210 g/mol. The van der Waals surface area contributed by atoms with E-state index in [4.69, 9.17) is 5.73 Å². The first kappa shape index (κ1) is 11.1. The van der Waals surface area contributed by atoms with Crippen molar-refractivity contribution in [3.63, 3.8) is 0 Å². The molecular formula is C11H15ClN2. The van der Waals surface area contributed by atoms with Crippen molar-refractivity contribution in [3.05, 3.63) is 36.0 Å². The van der Waals surface area contributed by atoms with E-state index in [0.717, 1.165) is 6.42 Å². The van der Waals surface area contributed by atoms with Gasteiger partial charge in [-0.3, -0.25) is 0 Å². The lowest BCUT2D eigenvalue weighted by Gasteiger charge is -2.02. The molecule has 0 bridgehead atoms. The Kier molecular flexibility index (Phi) is 3.55. The highest BCUT2D eigenvalue weighted by atomic mass is 35.5. The number of para-hydroxylation sites is 1. The van der Waals surface area contributed by atoms with Crippen molar-refractivity contribution in [2.24, 2.45) is 5.73 Å². The maximum atomic E-state index is 5.76. The van der Waals surface area contributed by atoms with Crippen LogP contribution in [0.4, 0.5) is 0 Å². The highest BCUT2D eigenvalue weighted by molar-refractivity contribution is 5.85. The molecule has 2 rings (SSSR count). The van der Waals surface area contributed by atoms with Gasteiger partial charge in [0.1, 0.15) is 0 Å². The minimum Gasteiger partial charge on any atom is -0.361 e. The molecule has 0 fully saturated rings. The summed E-state index contributed by atoms with van der Waals surface area (Å²) in [6.45, 7) is 2.03. The number of benzene rings is 1. The Morgan fingerprint density at radius 3 is 2.79 bits per heavy atom. The standard InChI is InChI=1S/C11H14N2.ClH/c1-8(12)6-9-7-13-11-5-3-2-4-10(9)11;/h2-5,7-8,13H,6,12H2,1H3;1H/t8-;/m1./s1. The number of halogens is 1. The van der Waals surface area contributed by atoms with E-state index in [1.807, 2.05) is 19.2 Å². The lowest BCUT2D eigenvalue weighted by atomic mass is 10.1.